The predicted molar refractivity (Wildman–Crippen MR) is 46.5 cm³/mol. The van der Waals surface area contributed by atoms with Crippen LogP contribution in [0.3, 0.4) is 0 Å². The maximum absolute atomic E-state index is 5.00. The van der Waals surface area contributed by atoms with E-state index in [9.17, 15) is 0 Å². The van der Waals surface area contributed by atoms with Gasteiger partial charge in [0.1, 0.15) is 0 Å². The Hall–Kier alpha value is -0.720. The maximum atomic E-state index is 5.00. The van der Waals surface area contributed by atoms with Crippen LogP contribution in [0.4, 0.5) is 0 Å². The quantitative estimate of drug-likeness (QED) is 0.648. The molecule has 0 aliphatic carbocycles. The van der Waals surface area contributed by atoms with Gasteiger partial charge in [0.15, 0.2) is 0 Å². The molecule has 0 bridgehead atoms. The van der Waals surface area contributed by atoms with Crippen molar-refractivity contribution < 1.29 is 4.42 Å². The molecule has 0 N–H and O–H groups in total. The van der Waals surface area contributed by atoms with Gasteiger partial charge >= 0.3 is 0 Å². The molecule has 0 aromatic carbocycles. The van der Waals surface area contributed by atoms with Gasteiger partial charge in [-0.25, -0.2) is 0 Å². The summed E-state index contributed by atoms with van der Waals surface area (Å²) in [5, 5.41) is 0. The highest BCUT2D eigenvalue weighted by Gasteiger charge is 2.15. The molecule has 0 radical (unpaired) electrons. The molecule has 0 saturated carbocycles. The number of furan rings is 1. The van der Waals surface area contributed by atoms with Gasteiger partial charge in [-0.05, 0) is 23.5 Å². The van der Waals surface area contributed by atoms with Crippen LogP contribution < -0.4 is 0 Å². The van der Waals surface area contributed by atoms with Gasteiger partial charge in [0.2, 0.25) is 0 Å². The van der Waals surface area contributed by atoms with Crippen molar-refractivity contribution in [3.05, 3.63) is 24.2 Å². The minimum atomic E-state index is 0.407. The predicted octanol–water partition coefficient (Wildman–Crippen LogP) is 3.26. The Kier molecular flexibility index (Phi) is 2.38. The van der Waals surface area contributed by atoms with E-state index in [0.29, 0.717) is 5.41 Å². The molecule has 0 aliphatic heterocycles. The van der Waals surface area contributed by atoms with Crippen molar-refractivity contribution in [1.29, 1.82) is 0 Å². The molecule has 0 atom stereocenters. The van der Waals surface area contributed by atoms with Crippen molar-refractivity contribution in [1.82, 2.24) is 0 Å². The van der Waals surface area contributed by atoms with E-state index in [1.165, 1.54) is 12.0 Å². The summed E-state index contributed by atoms with van der Waals surface area (Å²) in [5.74, 6) is 0. The van der Waals surface area contributed by atoms with E-state index in [1.54, 1.807) is 6.26 Å². The molecule has 1 heterocycles. The molecule has 1 aromatic rings. The largest absolute Gasteiger partial charge is 0.472 e. The Morgan fingerprint density at radius 3 is 2.64 bits per heavy atom. The summed E-state index contributed by atoms with van der Waals surface area (Å²) in [7, 11) is 0. The topological polar surface area (TPSA) is 13.1 Å². The van der Waals surface area contributed by atoms with Crippen molar-refractivity contribution in [2.75, 3.05) is 0 Å². The molecule has 1 rings (SSSR count). The minimum Gasteiger partial charge on any atom is -0.472 e. The van der Waals surface area contributed by atoms with Crippen LogP contribution >= 0.6 is 0 Å². The van der Waals surface area contributed by atoms with Crippen LogP contribution in [0.25, 0.3) is 0 Å². The summed E-state index contributed by atoms with van der Waals surface area (Å²) in [4.78, 5) is 0. The summed E-state index contributed by atoms with van der Waals surface area (Å²) in [6.07, 6.45) is 5.89. The molecule has 62 valence electrons. The SMILES string of the molecule is CCC(C)(C)Cc1ccoc1. The fourth-order valence-corrected chi connectivity index (χ4v) is 1.07. The lowest BCUT2D eigenvalue weighted by Gasteiger charge is -2.21. The van der Waals surface area contributed by atoms with Crippen molar-refractivity contribution in [2.24, 2.45) is 5.41 Å². The van der Waals surface area contributed by atoms with E-state index in [4.69, 9.17) is 4.42 Å². The molecule has 0 spiro atoms. The average Bonchev–Trinajstić information content (AvgIpc) is 2.39. The van der Waals surface area contributed by atoms with Crippen LogP contribution in [0.5, 0.6) is 0 Å². The second-order valence-electron chi connectivity index (χ2n) is 3.83. The fourth-order valence-electron chi connectivity index (χ4n) is 1.07. The first kappa shape index (κ1) is 8.38. The standard InChI is InChI=1S/C10H16O/c1-4-10(2,3)7-9-5-6-11-8-9/h5-6,8H,4,7H2,1-3H3. The van der Waals surface area contributed by atoms with Crippen LogP contribution in [0.1, 0.15) is 32.8 Å². The molecular weight excluding hydrogens is 136 g/mol. The van der Waals surface area contributed by atoms with Gasteiger partial charge in [0.25, 0.3) is 0 Å². The summed E-state index contributed by atoms with van der Waals surface area (Å²) in [6.45, 7) is 6.78. The Labute approximate surface area is 68.4 Å². The van der Waals surface area contributed by atoms with E-state index in [0.717, 1.165) is 6.42 Å². The van der Waals surface area contributed by atoms with Gasteiger partial charge in [-0.2, -0.15) is 0 Å². The lowest BCUT2D eigenvalue weighted by Crippen LogP contribution is -2.12. The first-order valence-electron chi connectivity index (χ1n) is 4.15. The number of rotatable bonds is 3. The van der Waals surface area contributed by atoms with Crippen LogP contribution in [-0.2, 0) is 6.42 Å². The lowest BCUT2D eigenvalue weighted by molar-refractivity contribution is 0.348. The first-order valence-corrected chi connectivity index (χ1v) is 4.15. The van der Waals surface area contributed by atoms with Crippen molar-refractivity contribution in [3.8, 4) is 0 Å². The smallest absolute Gasteiger partial charge is 0.0934 e. The Morgan fingerprint density at radius 1 is 1.45 bits per heavy atom. The van der Waals surface area contributed by atoms with Crippen LogP contribution in [0, 0.1) is 5.41 Å². The first-order chi connectivity index (χ1) is 5.14. The van der Waals surface area contributed by atoms with E-state index in [-0.39, 0.29) is 0 Å². The zero-order chi connectivity index (χ0) is 8.32. The third-order valence-corrected chi connectivity index (χ3v) is 2.22. The Bertz CT molecular complexity index is 197. The zero-order valence-corrected chi connectivity index (χ0v) is 7.55. The highest BCUT2D eigenvalue weighted by Crippen LogP contribution is 2.25. The van der Waals surface area contributed by atoms with Crippen LogP contribution in [-0.4, -0.2) is 0 Å². The van der Waals surface area contributed by atoms with Gasteiger partial charge in [0, 0.05) is 0 Å². The summed E-state index contributed by atoms with van der Waals surface area (Å²) < 4.78 is 5.00. The van der Waals surface area contributed by atoms with Gasteiger partial charge in [-0.3, -0.25) is 0 Å². The van der Waals surface area contributed by atoms with E-state index >= 15 is 0 Å². The molecule has 11 heavy (non-hydrogen) atoms. The molecule has 0 amide bonds. The fraction of sp³-hybridized carbons (Fsp3) is 0.600. The monoisotopic (exact) mass is 152 g/mol. The second-order valence-corrected chi connectivity index (χ2v) is 3.83. The normalized spacial score (nSPS) is 11.9. The van der Waals surface area contributed by atoms with Crippen molar-refractivity contribution in [2.45, 2.75) is 33.6 Å². The molecule has 1 heteroatoms. The second kappa shape index (κ2) is 3.12. The van der Waals surface area contributed by atoms with Gasteiger partial charge in [-0.1, -0.05) is 27.2 Å². The summed E-state index contributed by atoms with van der Waals surface area (Å²) in [6, 6.07) is 2.04. The van der Waals surface area contributed by atoms with Crippen LogP contribution in [0.2, 0.25) is 0 Å². The average molecular weight is 152 g/mol. The molecule has 1 aromatic heterocycles. The maximum Gasteiger partial charge on any atom is 0.0934 e. The van der Waals surface area contributed by atoms with Gasteiger partial charge < -0.3 is 4.42 Å². The highest BCUT2D eigenvalue weighted by atomic mass is 16.3. The highest BCUT2D eigenvalue weighted by molar-refractivity contribution is 5.07. The minimum absolute atomic E-state index is 0.407. The number of hydrogen-bond donors (Lipinski definition) is 0. The van der Waals surface area contributed by atoms with Crippen LogP contribution in [0.15, 0.2) is 23.0 Å². The Balaban J connectivity index is 2.56. The Morgan fingerprint density at radius 2 is 2.18 bits per heavy atom. The van der Waals surface area contributed by atoms with Crippen molar-refractivity contribution >= 4 is 0 Å². The molecule has 0 aliphatic rings. The molecule has 0 fully saturated rings. The number of hydrogen-bond acceptors (Lipinski definition) is 1. The summed E-state index contributed by atoms with van der Waals surface area (Å²) >= 11 is 0. The van der Waals surface area contributed by atoms with E-state index in [1.807, 2.05) is 12.3 Å². The molecular formula is C10H16O. The molecule has 0 saturated heterocycles. The third-order valence-electron chi connectivity index (χ3n) is 2.22. The van der Waals surface area contributed by atoms with Gasteiger partial charge in [-0.15, -0.1) is 0 Å². The van der Waals surface area contributed by atoms with E-state index < -0.39 is 0 Å². The third kappa shape index (κ3) is 2.41. The van der Waals surface area contributed by atoms with Gasteiger partial charge in [0.05, 0.1) is 12.5 Å². The molecule has 0 unspecified atom stereocenters. The zero-order valence-electron chi connectivity index (χ0n) is 7.55. The molecule has 1 nitrogen and oxygen atoms in total. The van der Waals surface area contributed by atoms with E-state index in [2.05, 4.69) is 20.8 Å². The lowest BCUT2D eigenvalue weighted by atomic mass is 9.84. The summed E-state index contributed by atoms with van der Waals surface area (Å²) in [5.41, 5.74) is 1.71. The van der Waals surface area contributed by atoms with Crippen molar-refractivity contribution in [3.63, 3.8) is 0 Å².